The first kappa shape index (κ1) is 8.73. The third kappa shape index (κ3) is 1.82. The van der Waals surface area contributed by atoms with Gasteiger partial charge in [-0.1, -0.05) is 0 Å². The highest BCUT2D eigenvalue weighted by molar-refractivity contribution is 5.90. The maximum Gasteiger partial charge on any atom is 0.266 e. The molecule has 0 unspecified atom stereocenters. The lowest BCUT2D eigenvalue weighted by molar-refractivity contribution is 0.0989. The number of amides is 1. The predicted molar refractivity (Wildman–Crippen MR) is 42.4 cm³/mol. The molecule has 5 heteroatoms. The number of nitrogens with two attached hydrogens (primary N) is 1. The zero-order valence-electron chi connectivity index (χ0n) is 6.60. The molecule has 0 atom stereocenters. The minimum atomic E-state index is -0.495. The maximum atomic E-state index is 10.7. The Kier molecular flexibility index (Phi) is 2.82. The van der Waals surface area contributed by atoms with Gasteiger partial charge in [-0.05, 0) is 12.5 Å². The van der Waals surface area contributed by atoms with Crippen LogP contribution in [0.25, 0.3) is 0 Å². The van der Waals surface area contributed by atoms with E-state index in [1.165, 1.54) is 10.9 Å². The van der Waals surface area contributed by atoms with E-state index < -0.39 is 5.91 Å². The van der Waals surface area contributed by atoms with Gasteiger partial charge in [0.1, 0.15) is 5.69 Å². The third-order valence-corrected chi connectivity index (χ3v) is 1.50. The second-order valence-corrected chi connectivity index (χ2v) is 2.38. The summed E-state index contributed by atoms with van der Waals surface area (Å²) >= 11 is 0. The maximum absolute atomic E-state index is 10.7. The van der Waals surface area contributed by atoms with Crippen LogP contribution in [0.1, 0.15) is 16.9 Å². The lowest BCUT2D eigenvalue weighted by Gasteiger charge is -2.01. The lowest BCUT2D eigenvalue weighted by atomic mass is 10.4. The molecular weight excluding hydrogens is 158 g/mol. The monoisotopic (exact) mass is 169 g/mol. The van der Waals surface area contributed by atoms with E-state index in [2.05, 4.69) is 5.10 Å². The third-order valence-electron chi connectivity index (χ3n) is 1.50. The first-order chi connectivity index (χ1) is 5.75. The van der Waals surface area contributed by atoms with Crippen molar-refractivity contribution in [3.63, 3.8) is 0 Å². The van der Waals surface area contributed by atoms with Crippen LogP contribution in [-0.4, -0.2) is 27.4 Å². The van der Waals surface area contributed by atoms with Crippen LogP contribution in [0.15, 0.2) is 12.3 Å². The van der Waals surface area contributed by atoms with Gasteiger partial charge in [0.15, 0.2) is 0 Å². The molecule has 0 saturated carbocycles. The van der Waals surface area contributed by atoms with Gasteiger partial charge in [0.05, 0.1) is 0 Å². The summed E-state index contributed by atoms with van der Waals surface area (Å²) in [6, 6.07) is 1.56. The van der Waals surface area contributed by atoms with Crippen molar-refractivity contribution in [1.82, 2.24) is 9.78 Å². The molecule has 3 N–H and O–H groups in total. The number of aliphatic hydroxyl groups excluding tert-OH is 1. The van der Waals surface area contributed by atoms with E-state index in [1.807, 2.05) is 0 Å². The van der Waals surface area contributed by atoms with Gasteiger partial charge < -0.3 is 10.8 Å². The fraction of sp³-hybridized carbons (Fsp3) is 0.429. The molecule has 0 aromatic carbocycles. The Morgan fingerprint density at radius 2 is 2.50 bits per heavy atom. The Hall–Kier alpha value is -1.36. The summed E-state index contributed by atoms with van der Waals surface area (Å²) in [6.07, 6.45) is 2.08. The highest BCUT2D eigenvalue weighted by Gasteiger charge is 2.06. The molecule has 0 spiro atoms. The van der Waals surface area contributed by atoms with Crippen molar-refractivity contribution in [2.45, 2.75) is 13.0 Å². The smallest absolute Gasteiger partial charge is 0.266 e. The molecule has 5 nitrogen and oxygen atoms in total. The van der Waals surface area contributed by atoms with E-state index >= 15 is 0 Å². The number of hydrogen-bond donors (Lipinski definition) is 2. The lowest BCUT2D eigenvalue weighted by Crippen LogP contribution is -2.18. The number of carbonyl (C=O) groups is 1. The highest BCUT2D eigenvalue weighted by atomic mass is 16.3. The molecule has 12 heavy (non-hydrogen) atoms. The molecule has 1 rings (SSSR count). The van der Waals surface area contributed by atoms with E-state index in [4.69, 9.17) is 10.8 Å². The molecule has 0 fully saturated rings. The SMILES string of the molecule is NC(=O)c1ccnn1CCCO. The van der Waals surface area contributed by atoms with Gasteiger partial charge in [0.2, 0.25) is 0 Å². The minimum absolute atomic E-state index is 0.0814. The second-order valence-electron chi connectivity index (χ2n) is 2.38. The molecular formula is C7H11N3O2. The van der Waals surface area contributed by atoms with Crippen LogP contribution >= 0.6 is 0 Å². The largest absolute Gasteiger partial charge is 0.396 e. The first-order valence-corrected chi connectivity index (χ1v) is 3.68. The second kappa shape index (κ2) is 3.87. The summed E-state index contributed by atoms with van der Waals surface area (Å²) in [6.45, 7) is 0.597. The van der Waals surface area contributed by atoms with Crippen LogP contribution in [0.5, 0.6) is 0 Å². The number of aromatic nitrogens is 2. The number of primary amides is 1. The average Bonchev–Trinajstić information content (AvgIpc) is 2.48. The summed E-state index contributed by atoms with van der Waals surface area (Å²) in [4.78, 5) is 10.7. The fourth-order valence-electron chi connectivity index (χ4n) is 0.941. The van der Waals surface area contributed by atoms with Crippen molar-refractivity contribution < 1.29 is 9.90 Å². The van der Waals surface area contributed by atoms with E-state index in [1.54, 1.807) is 6.07 Å². The minimum Gasteiger partial charge on any atom is -0.396 e. The Bertz CT molecular complexity index is 269. The quantitative estimate of drug-likeness (QED) is 0.629. The predicted octanol–water partition coefficient (Wildman–Crippen LogP) is -0.636. The molecule has 0 saturated heterocycles. The molecule has 1 aromatic rings. The van der Waals surface area contributed by atoms with E-state index in [0.717, 1.165) is 0 Å². The Morgan fingerprint density at radius 1 is 1.75 bits per heavy atom. The highest BCUT2D eigenvalue weighted by Crippen LogP contribution is 1.98. The Morgan fingerprint density at radius 3 is 3.08 bits per heavy atom. The van der Waals surface area contributed by atoms with Crippen molar-refractivity contribution in [1.29, 1.82) is 0 Å². The fourth-order valence-corrected chi connectivity index (χ4v) is 0.941. The summed E-state index contributed by atoms with van der Waals surface area (Å²) in [5.74, 6) is -0.495. The van der Waals surface area contributed by atoms with Crippen LogP contribution in [-0.2, 0) is 6.54 Å². The van der Waals surface area contributed by atoms with Gasteiger partial charge in [-0.15, -0.1) is 0 Å². The summed E-state index contributed by atoms with van der Waals surface area (Å²) in [5, 5.41) is 12.4. The van der Waals surface area contributed by atoms with Gasteiger partial charge >= 0.3 is 0 Å². The molecule has 0 bridgehead atoms. The normalized spacial score (nSPS) is 10.1. The Balaban J connectivity index is 2.70. The van der Waals surface area contributed by atoms with Crippen LogP contribution in [0.3, 0.4) is 0 Å². The van der Waals surface area contributed by atoms with E-state index in [9.17, 15) is 4.79 Å². The average molecular weight is 169 g/mol. The van der Waals surface area contributed by atoms with Gasteiger partial charge in [-0.3, -0.25) is 9.48 Å². The number of aliphatic hydroxyl groups is 1. The number of nitrogens with zero attached hydrogens (tertiary/aromatic N) is 2. The van der Waals surface area contributed by atoms with Crippen molar-refractivity contribution in [3.8, 4) is 0 Å². The van der Waals surface area contributed by atoms with Gasteiger partial charge in [0, 0.05) is 19.3 Å². The van der Waals surface area contributed by atoms with Crippen molar-refractivity contribution >= 4 is 5.91 Å². The molecule has 0 radical (unpaired) electrons. The van der Waals surface area contributed by atoms with Crippen LogP contribution in [0, 0.1) is 0 Å². The zero-order chi connectivity index (χ0) is 8.97. The van der Waals surface area contributed by atoms with Crippen LogP contribution < -0.4 is 5.73 Å². The summed E-state index contributed by atoms with van der Waals surface area (Å²) in [7, 11) is 0. The van der Waals surface area contributed by atoms with Gasteiger partial charge in [0.25, 0.3) is 5.91 Å². The van der Waals surface area contributed by atoms with Crippen LogP contribution in [0.2, 0.25) is 0 Å². The van der Waals surface area contributed by atoms with Gasteiger partial charge in [-0.25, -0.2) is 0 Å². The van der Waals surface area contributed by atoms with Crippen molar-refractivity contribution in [2.24, 2.45) is 5.73 Å². The van der Waals surface area contributed by atoms with Crippen LogP contribution in [0.4, 0.5) is 0 Å². The van der Waals surface area contributed by atoms with Crippen molar-refractivity contribution in [3.05, 3.63) is 18.0 Å². The number of rotatable bonds is 4. The molecule has 1 amide bonds. The molecule has 0 aliphatic rings. The van der Waals surface area contributed by atoms with E-state index in [-0.39, 0.29) is 6.61 Å². The molecule has 1 aromatic heterocycles. The summed E-state index contributed by atoms with van der Waals surface area (Å²) < 4.78 is 1.48. The zero-order valence-corrected chi connectivity index (χ0v) is 6.60. The first-order valence-electron chi connectivity index (χ1n) is 3.68. The molecule has 1 heterocycles. The van der Waals surface area contributed by atoms with Crippen molar-refractivity contribution in [2.75, 3.05) is 6.61 Å². The standard InChI is InChI=1S/C7H11N3O2/c8-7(12)6-2-3-9-10(6)4-1-5-11/h2-3,11H,1,4-5H2,(H2,8,12). The molecule has 66 valence electrons. The van der Waals surface area contributed by atoms with Gasteiger partial charge in [-0.2, -0.15) is 5.10 Å². The van der Waals surface area contributed by atoms with E-state index in [0.29, 0.717) is 18.7 Å². The summed E-state index contributed by atoms with van der Waals surface area (Å²) in [5.41, 5.74) is 5.45. The molecule has 0 aliphatic carbocycles. The number of carbonyl (C=O) groups excluding carboxylic acids is 1. The molecule has 0 aliphatic heterocycles. The number of aryl methyl sites for hydroxylation is 1. The Labute approximate surface area is 69.8 Å². The number of hydrogen-bond acceptors (Lipinski definition) is 3. The topological polar surface area (TPSA) is 81.1 Å².